The Kier molecular flexibility index (Phi) is 18.8. The molecule has 1 saturated heterocycles. The molecule has 1 heterocycles. The molecule has 0 aromatic heterocycles. The summed E-state index contributed by atoms with van der Waals surface area (Å²) in [5.41, 5.74) is 8.23. The van der Waals surface area contributed by atoms with Gasteiger partial charge in [-0.25, -0.2) is 0 Å². The summed E-state index contributed by atoms with van der Waals surface area (Å²) in [5, 5.41) is 3.39. The molecule has 0 aromatic carbocycles. The van der Waals surface area contributed by atoms with Gasteiger partial charge in [0.1, 0.15) is 24.4 Å². The second-order valence-electron chi connectivity index (χ2n) is 7.18. The van der Waals surface area contributed by atoms with Crippen LogP contribution in [-0.2, 0) is 37.9 Å². The molecule has 0 aromatic rings. The van der Waals surface area contributed by atoms with E-state index in [0.29, 0.717) is 46.2 Å². The van der Waals surface area contributed by atoms with Crippen molar-refractivity contribution in [3.63, 3.8) is 0 Å². The Hall–Kier alpha value is -2.05. The van der Waals surface area contributed by atoms with Crippen LogP contribution in [0.1, 0.15) is 0 Å². The second kappa shape index (κ2) is 21.3. The Bertz CT molecular complexity index is 644. The lowest BCUT2D eigenvalue weighted by Crippen LogP contribution is -2.62. The summed E-state index contributed by atoms with van der Waals surface area (Å²) >= 11 is 0. The highest BCUT2D eigenvalue weighted by Crippen LogP contribution is 2.29. The molecule has 0 spiro atoms. The molecule has 1 aliphatic rings. The number of rotatable bonds is 23. The Balaban J connectivity index is 2.76. The first-order valence-corrected chi connectivity index (χ1v) is 11.5. The van der Waals surface area contributed by atoms with E-state index >= 15 is 0 Å². The molecule has 11 nitrogen and oxygen atoms in total. The molecule has 2 unspecified atom stereocenters. The zero-order valence-electron chi connectivity index (χ0n) is 20.4. The summed E-state index contributed by atoms with van der Waals surface area (Å²) in [6.45, 7) is 18.3. The lowest BCUT2D eigenvalue weighted by atomic mass is 9.98. The smallest absolute Gasteiger partial charge is 0.187 e. The normalized spacial score (nSPS) is 23.8. The Morgan fingerprint density at radius 1 is 0.686 bits per heavy atom. The number of hydrogen-bond donors (Lipinski definition) is 0. The van der Waals surface area contributed by atoms with Crippen LogP contribution in [0.5, 0.6) is 0 Å². The van der Waals surface area contributed by atoms with Crippen LogP contribution in [0.15, 0.2) is 55.7 Å². The minimum atomic E-state index is -0.755. The van der Waals surface area contributed by atoms with Crippen molar-refractivity contribution in [2.75, 3.05) is 72.6 Å². The lowest BCUT2D eigenvalue weighted by Gasteiger charge is -2.45. The first kappa shape index (κ1) is 31.0. The summed E-state index contributed by atoms with van der Waals surface area (Å²) in [4.78, 5) is 2.66. The van der Waals surface area contributed by atoms with Crippen molar-refractivity contribution in [2.45, 2.75) is 30.7 Å². The standard InChI is InChI=1S/C24H39N3O8/c1-5-10-30-19-20-21(31-11-6-2)22(32-12-7-3)23(33-13-8-4)24(35-20)34-18-17-29-16-15-28-14-9-26-27-25/h5-8,20-24H,1-4,9-19H2/t20?,21-,22+,23?,24-/m1/s1. The maximum atomic E-state index is 8.23. The third-order valence-electron chi connectivity index (χ3n) is 4.61. The van der Waals surface area contributed by atoms with Crippen molar-refractivity contribution < 1.29 is 37.9 Å². The van der Waals surface area contributed by atoms with Crippen LogP contribution in [0.4, 0.5) is 0 Å². The molecule has 35 heavy (non-hydrogen) atoms. The van der Waals surface area contributed by atoms with E-state index < -0.39 is 30.7 Å². The largest absolute Gasteiger partial charge is 0.379 e. The fraction of sp³-hybridized carbons (Fsp3) is 0.667. The summed E-state index contributed by atoms with van der Waals surface area (Å²) in [6.07, 6.45) is 3.78. The average Bonchev–Trinajstić information content (AvgIpc) is 2.87. The molecule has 1 rings (SSSR count). The fourth-order valence-electron chi connectivity index (χ4n) is 3.21. The van der Waals surface area contributed by atoms with Gasteiger partial charge in [-0.1, -0.05) is 29.4 Å². The van der Waals surface area contributed by atoms with Gasteiger partial charge in [-0.15, -0.1) is 26.3 Å². The number of ether oxygens (including phenoxy) is 8. The van der Waals surface area contributed by atoms with Crippen LogP contribution in [0.25, 0.3) is 10.4 Å². The molecule has 5 atom stereocenters. The molecule has 1 fully saturated rings. The molecule has 0 amide bonds. The van der Waals surface area contributed by atoms with Crippen LogP contribution < -0.4 is 0 Å². The molecule has 198 valence electrons. The molecule has 0 radical (unpaired) electrons. The van der Waals surface area contributed by atoms with Gasteiger partial charge in [0, 0.05) is 11.5 Å². The van der Waals surface area contributed by atoms with E-state index in [9.17, 15) is 0 Å². The predicted molar refractivity (Wildman–Crippen MR) is 131 cm³/mol. The molecule has 0 bridgehead atoms. The maximum Gasteiger partial charge on any atom is 0.187 e. The number of hydrogen-bond acceptors (Lipinski definition) is 9. The number of azide groups is 1. The van der Waals surface area contributed by atoms with Crippen LogP contribution in [-0.4, -0.2) is 103 Å². The Morgan fingerprint density at radius 3 is 1.89 bits per heavy atom. The Labute approximate surface area is 207 Å². The minimum absolute atomic E-state index is 0.250. The highest BCUT2D eigenvalue weighted by Gasteiger charge is 2.48. The monoisotopic (exact) mass is 497 g/mol. The summed E-state index contributed by atoms with van der Waals surface area (Å²) in [6, 6.07) is 0. The molecule has 11 heteroatoms. The molecule has 0 aliphatic carbocycles. The van der Waals surface area contributed by atoms with Gasteiger partial charge in [0.2, 0.25) is 0 Å². The summed E-state index contributed by atoms with van der Waals surface area (Å²) in [5.74, 6) is 0. The Morgan fingerprint density at radius 2 is 1.26 bits per heavy atom. The van der Waals surface area contributed by atoms with Gasteiger partial charge in [0.05, 0.1) is 66.1 Å². The third-order valence-corrected chi connectivity index (χ3v) is 4.61. The first-order valence-electron chi connectivity index (χ1n) is 11.5. The van der Waals surface area contributed by atoms with E-state index in [1.165, 1.54) is 0 Å². The fourth-order valence-corrected chi connectivity index (χ4v) is 3.21. The van der Waals surface area contributed by atoms with Gasteiger partial charge in [0.15, 0.2) is 6.29 Å². The van der Waals surface area contributed by atoms with E-state index in [0.717, 1.165) is 0 Å². The van der Waals surface area contributed by atoms with E-state index in [2.05, 4.69) is 36.3 Å². The van der Waals surface area contributed by atoms with Crippen molar-refractivity contribution in [1.82, 2.24) is 0 Å². The SMILES string of the molecule is C=CCOCC1O[C@@H](OCCOCCOCCN=[N+]=[N-])C(OCC=C)[C@@H](OCC=C)[C@@H]1OCC=C. The average molecular weight is 498 g/mol. The molecule has 1 aliphatic heterocycles. The molecular formula is C24H39N3O8. The zero-order chi connectivity index (χ0) is 25.6. The van der Waals surface area contributed by atoms with Crippen molar-refractivity contribution >= 4 is 0 Å². The van der Waals surface area contributed by atoms with Crippen molar-refractivity contribution in [2.24, 2.45) is 5.11 Å². The zero-order valence-corrected chi connectivity index (χ0v) is 20.4. The van der Waals surface area contributed by atoms with Crippen molar-refractivity contribution in [1.29, 1.82) is 0 Å². The van der Waals surface area contributed by atoms with Gasteiger partial charge in [-0.2, -0.15) is 0 Å². The van der Waals surface area contributed by atoms with Gasteiger partial charge < -0.3 is 37.9 Å². The van der Waals surface area contributed by atoms with E-state index in [1.807, 2.05) is 0 Å². The van der Waals surface area contributed by atoms with E-state index in [-0.39, 0.29) is 26.4 Å². The lowest BCUT2D eigenvalue weighted by molar-refractivity contribution is -0.320. The van der Waals surface area contributed by atoms with Gasteiger partial charge in [0.25, 0.3) is 0 Å². The minimum Gasteiger partial charge on any atom is -0.379 e. The highest BCUT2D eigenvalue weighted by molar-refractivity contribution is 4.94. The molecule has 0 N–H and O–H groups in total. The van der Waals surface area contributed by atoms with Crippen LogP contribution in [0.2, 0.25) is 0 Å². The highest BCUT2D eigenvalue weighted by atomic mass is 16.7. The van der Waals surface area contributed by atoms with Crippen LogP contribution in [0, 0.1) is 0 Å². The van der Waals surface area contributed by atoms with Gasteiger partial charge >= 0.3 is 0 Å². The predicted octanol–water partition coefficient (Wildman–Crippen LogP) is 2.99. The van der Waals surface area contributed by atoms with E-state index in [4.69, 9.17) is 43.4 Å². The van der Waals surface area contributed by atoms with E-state index in [1.54, 1.807) is 24.3 Å². The van der Waals surface area contributed by atoms with Gasteiger partial charge in [-0.3, -0.25) is 0 Å². The first-order chi connectivity index (χ1) is 17.2. The van der Waals surface area contributed by atoms with Gasteiger partial charge in [-0.05, 0) is 5.53 Å². The summed E-state index contributed by atoms with van der Waals surface area (Å²) < 4.78 is 46.8. The van der Waals surface area contributed by atoms with Crippen LogP contribution >= 0.6 is 0 Å². The third kappa shape index (κ3) is 13.0. The topological polar surface area (TPSA) is 123 Å². The van der Waals surface area contributed by atoms with Crippen LogP contribution in [0.3, 0.4) is 0 Å². The number of nitrogens with zero attached hydrogens (tertiary/aromatic N) is 3. The van der Waals surface area contributed by atoms with Crippen molar-refractivity contribution in [3.05, 3.63) is 61.1 Å². The van der Waals surface area contributed by atoms with Crippen molar-refractivity contribution in [3.8, 4) is 0 Å². The summed E-state index contributed by atoms with van der Waals surface area (Å²) in [7, 11) is 0. The molecular weight excluding hydrogens is 458 g/mol. The quantitative estimate of drug-likeness (QED) is 0.0694. The molecule has 0 saturated carbocycles. The second-order valence-corrected chi connectivity index (χ2v) is 7.18. The maximum absolute atomic E-state index is 8.23.